The van der Waals surface area contributed by atoms with Gasteiger partial charge < -0.3 is 10.6 Å². The maximum atomic E-state index is 12.7. The average molecular weight is 322 g/mol. The lowest BCUT2D eigenvalue weighted by Crippen LogP contribution is -2.07. The summed E-state index contributed by atoms with van der Waals surface area (Å²) < 4.78 is 38.2. The Hall–Kier alpha value is -1.31. The van der Waals surface area contributed by atoms with Crippen LogP contribution in [0.15, 0.2) is 23.6 Å². The number of aromatic nitrogens is 1. The lowest BCUT2D eigenvalue weighted by molar-refractivity contribution is -0.137. The van der Waals surface area contributed by atoms with Gasteiger partial charge in [-0.25, -0.2) is 4.98 Å². The molecule has 0 radical (unpaired) electrons. The van der Waals surface area contributed by atoms with E-state index < -0.39 is 11.7 Å². The molecule has 0 spiro atoms. The number of anilines is 2. The number of nitrogens with zero attached hydrogens (tertiary/aromatic N) is 1. The molecule has 0 fully saturated rings. The zero-order chi connectivity index (χ0) is 14.8. The van der Waals surface area contributed by atoms with Gasteiger partial charge in [0.1, 0.15) is 0 Å². The Balaban J connectivity index is 2.21. The molecule has 0 aliphatic rings. The molecule has 0 saturated carbocycles. The molecule has 3 nitrogen and oxygen atoms in total. The van der Waals surface area contributed by atoms with E-state index in [1.165, 1.54) is 23.5 Å². The summed E-state index contributed by atoms with van der Waals surface area (Å²) in [5.41, 5.74) is 0.258. The van der Waals surface area contributed by atoms with Crippen molar-refractivity contribution in [3.8, 4) is 0 Å². The van der Waals surface area contributed by atoms with E-state index in [0.29, 0.717) is 17.4 Å². The number of rotatable bonds is 4. The predicted octanol–water partition coefficient (Wildman–Crippen LogP) is 4.28. The van der Waals surface area contributed by atoms with E-state index in [1.54, 1.807) is 7.05 Å². The van der Waals surface area contributed by atoms with Crippen molar-refractivity contribution >= 4 is 33.8 Å². The number of alkyl halides is 3. The molecule has 2 rings (SSSR count). The molecule has 0 aliphatic carbocycles. The van der Waals surface area contributed by atoms with Crippen LogP contribution in [0.3, 0.4) is 0 Å². The minimum absolute atomic E-state index is 0.298. The molecule has 0 amide bonds. The van der Waals surface area contributed by atoms with E-state index in [2.05, 4.69) is 15.6 Å². The fourth-order valence-electron chi connectivity index (χ4n) is 1.57. The normalized spacial score (nSPS) is 11.7. The van der Waals surface area contributed by atoms with Crippen LogP contribution in [0.25, 0.3) is 0 Å². The molecule has 108 valence electrons. The van der Waals surface area contributed by atoms with Crippen molar-refractivity contribution in [2.75, 3.05) is 12.4 Å². The van der Waals surface area contributed by atoms with Crippen LogP contribution in [0, 0.1) is 0 Å². The summed E-state index contributed by atoms with van der Waals surface area (Å²) in [5.74, 6) is 0. The summed E-state index contributed by atoms with van der Waals surface area (Å²) in [7, 11) is 1.79. The summed E-state index contributed by atoms with van der Waals surface area (Å²) in [6, 6.07) is 3.67. The SMILES string of the molecule is CNCc1csc(Nc2ccc(Cl)c(C(F)(F)F)c2)n1. The van der Waals surface area contributed by atoms with E-state index in [4.69, 9.17) is 11.6 Å². The van der Waals surface area contributed by atoms with Crippen LogP contribution in [-0.2, 0) is 12.7 Å². The topological polar surface area (TPSA) is 37.0 Å². The third-order valence-corrected chi connectivity index (χ3v) is 3.57. The van der Waals surface area contributed by atoms with Crippen LogP contribution >= 0.6 is 22.9 Å². The zero-order valence-corrected chi connectivity index (χ0v) is 12.0. The molecule has 20 heavy (non-hydrogen) atoms. The highest BCUT2D eigenvalue weighted by Gasteiger charge is 2.33. The van der Waals surface area contributed by atoms with Crippen molar-refractivity contribution in [1.82, 2.24) is 10.3 Å². The van der Waals surface area contributed by atoms with E-state index in [1.807, 2.05) is 5.38 Å². The van der Waals surface area contributed by atoms with Gasteiger partial charge in [-0.05, 0) is 25.2 Å². The minimum Gasteiger partial charge on any atom is -0.332 e. The van der Waals surface area contributed by atoms with Crippen LogP contribution in [0.2, 0.25) is 5.02 Å². The first-order valence-electron chi connectivity index (χ1n) is 5.63. The average Bonchev–Trinajstić information content (AvgIpc) is 2.78. The first kappa shape index (κ1) is 15.1. The first-order valence-corrected chi connectivity index (χ1v) is 6.88. The second kappa shape index (κ2) is 5.99. The molecule has 0 aliphatic heterocycles. The van der Waals surface area contributed by atoms with Gasteiger partial charge in [-0.1, -0.05) is 11.6 Å². The molecule has 0 unspecified atom stereocenters. The molecule has 0 bridgehead atoms. The van der Waals surface area contributed by atoms with E-state index >= 15 is 0 Å². The Labute approximate surface area is 122 Å². The summed E-state index contributed by atoms with van der Waals surface area (Å²) in [4.78, 5) is 4.24. The molecular formula is C12H11ClF3N3S. The van der Waals surface area contributed by atoms with Gasteiger partial charge in [0.25, 0.3) is 0 Å². The van der Waals surface area contributed by atoms with Gasteiger partial charge in [-0.2, -0.15) is 13.2 Å². The number of nitrogens with one attached hydrogen (secondary N) is 2. The third kappa shape index (κ3) is 3.62. The maximum Gasteiger partial charge on any atom is 0.417 e. The predicted molar refractivity (Wildman–Crippen MR) is 74.6 cm³/mol. The second-order valence-electron chi connectivity index (χ2n) is 3.99. The largest absolute Gasteiger partial charge is 0.417 e. The van der Waals surface area contributed by atoms with Crippen molar-refractivity contribution in [3.05, 3.63) is 39.9 Å². The lowest BCUT2D eigenvalue weighted by Gasteiger charge is -2.11. The minimum atomic E-state index is -4.48. The number of halogens is 4. The van der Waals surface area contributed by atoms with Gasteiger partial charge in [0, 0.05) is 17.6 Å². The monoisotopic (exact) mass is 321 g/mol. The second-order valence-corrected chi connectivity index (χ2v) is 5.26. The van der Waals surface area contributed by atoms with Gasteiger partial charge in [0.2, 0.25) is 0 Å². The smallest absolute Gasteiger partial charge is 0.332 e. The van der Waals surface area contributed by atoms with Gasteiger partial charge in [0.15, 0.2) is 5.13 Å². The molecular weight excluding hydrogens is 311 g/mol. The number of thiazole rings is 1. The van der Waals surface area contributed by atoms with Crippen LogP contribution < -0.4 is 10.6 Å². The molecule has 0 saturated heterocycles. The van der Waals surface area contributed by atoms with E-state index in [9.17, 15) is 13.2 Å². The molecule has 2 N–H and O–H groups in total. The van der Waals surface area contributed by atoms with Gasteiger partial charge in [-0.15, -0.1) is 11.3 Å². The van der Waals surface area contributed by atoms with Gasteiger partial charge in [0.05, 0.1) is 16.3 Å². The zero-order valence-electron chi connectivity index (χ0n) is 10.4. The third-order valence-electron chi connectivity index (χ3n) is 2.43. The Morgan fingerprint density at radius 3 is 2.75 bits per heavy atom. The molecule has 2 aromatic rings. The Morgan fingerprint density at radius 1 is 1.35 bits per heavy atom. The quantitative estimate of drug-likeness (QED) is 0.882. The van der Waals surface area contributed by atoms with Gasteiger partial charge in [-0.3, -0.25) is 0 Å². The number of benzene rings is 1. The Bertz CT molecular complexity index is 598. The summed E-state index contributed by atoms with van der Waals surface area (Å²) in [6.07, 6.45) is -4.48. The highest BCUT2D eigenvalue weighted by atomic mass is 35.5. The first-order chi connectivity index (χ1) is 9.40. The van der Waals surface area contributed by atoms with Crippen molar-refractivity contribution in [3.63, 3.8) is 0 Å². The summed E-state index contributed by atoms with van der Waals surface area (Å²) in [6.45, 7) is 0.604. The number of hydrogen-bond acceptors (Lipinski definition) is 4. The van der Waals surface area contributed by atoms with Crippen molar-refractivity contribution in [1.29, 1.82) is 0 Å². The van der Waals surface area contributed by atoms with Crippen molar-refractivity contribution in [2.45, 2.75) is 12.7 Å². The van der Waals surface area contributed by atoms with Crippen LogP contribution in [0.1, 0.15) is 11.3 Å². The van der Waals surface area contributed by atoms with Crippen molar-refractivity contribution < 1.29 is 13.2 Å². The highest BCUT2D eigenvalue weighted by Crippen LogP contribution is 2.36. The summed E-state index contributed by atoms with van der Waals surface area (Å²) in [5, 5.41) is 7.84. The molecule has 1 aromatic carbocycles. The van der Waals surface area contributed by atoms with E-state index in [-0.39, 0.29) is 5.02 Å². The summed E-state index contributed by atoms with van der Waals surface area (Å²) >= 11 is 6.89. The van der Waals surface area contributed by atoms with Crippen molar-refractivity contribution in [2.24, 2.45) is 0 Å². The molecule has 8 heteroatoms. The van der Waals surface area contributed by atoms with Crippen LogP contribution in [0.4, 0.5) is 24.0 Å². The fraction of sp³-hybridized carbons (Fsp3) is 0.250. The molecule has 1 heterocycles. The van der Waals surface area contributed by atoms with Crippen LogP contribution in [-0.4, -0.2) is 12.0 Å². The maximum absolute atomic E-state index is 12.7. The lowest BCUT2D eigenvalue weighted by atomic mass is 10.2. The molecule has 1 aromatic heterocycles. The number of hydrogen-bond donors (Lipinski definition) is 2. The van der Waals surface area contributed by atoms with Crippen LogP contribution in [0.5, 0.6) is 0 Å². The van der Waals surface area contributed by atoms with E-state index in [0.717, 1.165) is 11.8 Å². The Kier molecular flexibility index (Phi) is 4.52. The standard InChI is InChI=1S/C12H11ClF3N3S/c1-17-5-8-6-20-11(19-8)18-7-2-3-10(13)9(4-7)12(14,15)16/h2-4,6,17H,5H2,1H3,(H,18,19). The molecule has 0 atom stereocenters. The van der Waals surface area contributed by atoms with Gasteiger partial charge >= 0.3 is 6.18 Å². The Morgan fingerprint density at radius 2 is 2.10 bits per heavy atom. The fourth-order valence-corrected chi connectivity index (χ4v) is 2.53. The highest BCUT2D eigenvalue weighted by molar-refractivity contribution is 7.13.